The molecule has 1 aromatic carbocycles. The van der Waals surface area contributed by atoms with Gasteiger partial charge in [0.05, 0.1) is 5.69 Å². The lowest BCUT2D eigenvalue weighted by Gasteiger charge is -2.11. The summed E-state index contributed by atoms with van der Waals surface area (Å²) in [4.78, 5) is 0. The molecule has 0 saturated heterocycles. The van der Waals surface area contributed by atoms with Crippen LogP contribution in [0.2, 0.25) is 5.28 Å². The molecule has 0 aliphatic heterocycles. The third kappa shape index (κ3) is 2.38. The van der Waals surface area contributed by atoms with E-state index < -0.39 is 0 Å². The second-order valence-electron chi connectivity index (χ2n) is 3.88. The van der Waals surface area contributed by atoms with E-state index in [1.54, 1.807) is 0 Å². The Kier molecular flexibility index (Phi) is 3.84. The zero-order valence-corrected chi connectivity index (χ0v) is 12.1. The molecule has 90 valence electrons. The minimum Gasteiger partial charge on any atom is -0.269 e. The van der Waals surface area contributed by atoms with Gasteiger partial charge in [-0.15, -0.1) is 10.2 Å². The SMILES string of the molecule is CCCc1nnc(Cl)n1-c1cccc(C)c1Br. The molecule has 0 radical (unpaired) electrons. The Bertz CT molecular complexity index is 537. The molecular formula is C12H13BrClN3. The summed E-state index contributed by atoms with van der Waals surface area (Å²) in [5.41, 5.74) is 2.15. The monoisotopic (exact) mass is 313 g/mol. The van der Waals surface area contributed by atoms with Crippen LogP contribution >= 0.6 is 27.5 Å². The second kappa shape index (κ2) is 5.19. The molecule has 0 bridgehead atoms. The number of aromatic nitrogens is 3. The molecule has 2 aromatic rings. The van der Waals surface area contributed by atoms with Crippen LogP contribution in [0.25, 0.3) is 5.69 Å². The molecule has 5 heteroatoms. The van der Waals surface area contributed by atoms with Gasteiger partial charge in [-0.05, 0) is 52.5 Å². The standard InChI is InChI=1S/C12H13BrClN3/c1-3-5-10-15-16-12(14)17(10)9-7-4-6-8(2)11(9)13/h4,6-7H,3,5H2,1-2H3. The van der Waals surface area contributed by atoms with Crippen molar-refractivity contribution in [1.82, 2.24) is 14.8 Å². The summed E-state index contributed by atoms with van der Waals surface area (Å²) in [6.45, 7) is 4.16. The largest absolute Gasteiger partial charge is 0.269 e. The molecule has 17 heavy (non-hydrogen) atoms. The number of nitrogens with zero attached hydrogens (tertiary/aromatic N) is 3. The van der Waals surface area contributed by atoms with Crippen LogP contribution in [-0.4, -0.2) is 14.8 Å². The first-order valence-electron chi connectivity index (χ1n) is 5.50. The predicted octanol–water partition coefficient (Wildman–Crippen LogP) is 3.94. The highest BCUT2D eigenvalue weighted by Crippen LogP contribution is 2.28. The number of hydrogen-bond donors (Lipinski definition) is 0. The smallest absolute Gasteiger partial charge is 0.229 e. The van der Waals surface area contributed by atoms with E-state index in [-0.39, 0.29) is 0 Å². The van der Waals surface area contributed by atoms with Crippen molar-refractivity contribution in [2.75, 3.05) is 0 Å². The number of hydrogen-bond acceptors (Lipinski definition) is 2. The van der Waals surface area contributed by atoms with Gasteiger partial charge >= 0.3 is 0 Å². The van der Waals surface area contributed by atoms with Crippen LogP contribution in [0.5, 0.6) is 0 Å². The number of rotatable bonds is 3. The summed E-state index contributed by atoms with van der Waals surface area (Å²) >= 11 is 9.69. The molecule has 0 spiro atoms. The molecule has 1 heterocycles. The topological polar surface area (TPSA) is 30.7 Å². The second-order valence-corrected chi connectivity index (χ2v) is 5.01. The van der Waals surface area contributed by atoms with Gasteiger partial charge in [0.15, 0.2) is 0 Å². The molecular weight excluding hydrogens is 302 g/mol. The summed E-state index contributed by atoms with van der Waals surface area (Å²) in [6, 6.07) is 6.05. The quantitative estimate of drug-likeness (QED) is 0.859. The summed E-state index contributed by atoms with van der Waals surface area (Å²) in [6.07, 6.45) is 1.87. The molecule has 1 aromatic heterocycles. The van der Waals surface area contributed by atoms with Gasteiger partial charge in [-0.25, -0.2) is 0 Å². The van der Waals surface area contributed by atoms with Gasteiger partial charge < -0.3 is 0 Å². The Morgan fingerprint density at radius 3 is 2.82 bits per heavy atom. The fourth-order valence-electron chi connectivity index (χ4n) is 1.72. The lowest BCUT2D eigenvalue weighted by Crippen LogP contribution is -2.02. The average molecular weight is 315 g/mol. The number of aryl methyl sites for hydroxylation is 2. The Hall–Kier alpha value is -0.870. The van der Waals surface area contributed by atoms with Crippen molar-refractivity contribution in [3.63, 3.8) is 0 Å². The molecule has 0 fully saturated rings. The van der Waals surface area contributed by atoms with Gasteiger partial charge in [0.2, 0.25) is 5.28 Å². The normalized spacial score (nSPS) is 10.8. The van der Waals surface area contributed by atoms with Gasteiger partial charge in [0.1, 0.15) is 5.82 Å². The maximum atomic E-state index is 6.11. The van der Waals surface area contributed by atoms with Crippen molar-refractivity contribution in [2.45, 2.75) is 26.7 Å². The molecule has 2 rings (SSSR count). The van der Waals surface area contributed by atoms with E-state index in [1.165, 1.54) is 0 Å². The summed E-state index contributed by atoms with van der Waals surface area (Å²) in [7, 11) is 0. The number of benzene rings is 1. The van der Waals surface area contributed by atoms with E-state index in [1.807, 2.05) is 29.7 Å². The lowest BCUT2D eigenvalue weighted by atomic mass is 10.2. The van der Waals surface area contributed by atoms with E-state index in [0.717, 1.165) is 34.4 Å². The van der Waals surface area contributed by atoms with Crippen molar-refractivity contribution in [3.8, 4) is 5.69 Å². The van der Waals surface area contributed by atoms with Crippen LogP contribution in [0.4, 0.5) is 0 Å². The van der Waals surface area contributed by atoms with Crippen molar-refractivity contribution < 1.29 is 0 Å². The molecule has 0 unspecified atom stereocenters. The molecule has 0 aliphatic rings. The van der Waals surface area contributed by atoms with E-state index in [0.29, 0.717) is 5.28 Å². The van der Waals surface area contributed by atoms with Crippen LogP contribution in [0.1, 0.15) is 24.7 Å². The highest BCUT2D eigenvalue weighted by atomic mass is 79.9. The van der Waals surface area contributed by atoms with Crippen molar-refractivity contribution in [1.29, 1.82) is 0 Å². The summed E-state index contributed by atoms with van der Waals surface area (Å²) in [5.74, 6) is 0.892. The third-order valence-electron chi connectivity index (χ3n) is 2.58. The van der Waals surface area contributed by atoms with Crippen LogP contribution in [0.3, 0.4) is 0 Å². The molecule has 0 aliphatic carbocycles. The Balaban J connectivity index is 2.59. The maximum Gasteiger partial charge on any atom is 0.229 e. The minimum atomic E-state index is 0.403. The Labute approximate surface area is 114 Å². The van der Waals surface area contributed by atoms with Gasteiger partial charge in [0, 0.05) is 10.9 Å². The van der Waals surface area contributed by atoms with Crippen molar-refractivity contribution in [3.05, 3.63) is 39.3 Å². The molecule has 3 nitrogen and oxygen atoms in total. The molecule has 0 saturated carbocycles. The van der Waals surface area contributed by atoms with Gasteiger partial charge in [-0.1, -0.05) is 19.1 Å². The highest BCUT2D eigenvalue weighted by molar-refractivity contribution is 9.10. The van der Waals surface area contributed by atoms with E-state index >= 15 is 0 Å². The zero-order chi connectivity index (χ0) is 12.4. The fraction of sp³-hybridized carbons (Fsp3) is 0.333. The van der Waals surface area contributed by atoms with Crippen molar-refractivity contribution in [2.24, 2.45) is 0 Å². The first kappa shape index (κ1) is 12.6. The summed E-state index contributed by atoms with van der Waals surface area (Å²) < 4.78 is 2.92. The van der Waals surface area contributed by atoms with Crippen LogP contribution in [0.15, 0.2) is 22.7 Å². The zero-order valence-electron chi connectivity index (χ0n) is 9.74. The first-order chi connectivity index (χ1) is 8.15. The van der Waals surface area contributed by atoms with E-state index in [9.17, 15) is 0 Å². The highest BCUT2D eigenvalue weighted by Gasteiger charge is 2.14. The lowest BCUT2D eigenvalue weighted by molar-refractivity contribution is 0.801. The van der Waals surface area contributed by atoms with Gasteiger partial charge in [0.25, 0.3) is 0 Å². The molecule has 0 atom stereocenters. The fourth-order valence-corrected chi connectivity index (χ4v) is 2.39. The van der Waals surface area contributed by atoms with Gasteiger partial charge in [-0.2, -0.15) is 0 Å². The average Bonchev–Trinajstić information content (AvgIpc) is 2.65. The third-order valence-corrected chi connectivity index (χ3v) is 3.85. The molecule has 0 N–H and O–H groups in total. The van der Waals surface area contributed by atoms with Crippen molar-refractivity contribution >= 4 is 27.5 Å². The number of halogens is 2. The molecule has 0 amide bonds. The van der Waals surface area contributed by atoms with E-state index in [2.05, 4.69) is 33.1 Å². The first-order valence-corrected chi connectivity index (χ1v) is 6.67. The van der Waals surface area contributed by atoms with Gasteiger partial charge in [-0.3, -0.25) is 4.57 Å². The predicted molar refractivity (Wildman–Crippen MR) is 72.8 cm³/mol. The minimum absolute atomic E-state index is 0.403. The van der Waals surface area contributed by atoms with Crippen LogP contribution < -0.4 is 0 Å². The van der Waals surface area contributed by atoms with E-state index in [4.69, 9.17) is 11.6 Å². The Morgan fingerprint density at radius 1 is 1.35 bits per heavy atom. The maximum absolute atomic E-state index is 6.11. The Morgan fingerprint density at radius 2 is 2.12 bits per heavy atom. The van der Waals surface area contributed by atoms with Crippen LogP contribution in [-0.2, 0) is 6.42 Å². The van der Waals surface area contributed by atoms with Crippen LogP contribution in [0, 0.1) is 6.92 Å². The summed E-state index contributed by atoms with van der Waals surface area (Å²) in [5, 5.41) is 8.46.